The number of hydrogen-bond donors (Lipinski definition) is 5. The molecule has 0 aromatic heterocycles. The number of rotatable bonds is 7. The molecule has 13 heteroatoms. The molecule has 44 heavy (non-hydrogen) atoms. The van der Waals surface area contributed by atoms with Crippen LogP contribution in [0.5, 0.6) is 0 Å². The van der Waals surface area contributed by atoms with Crippen molar-refractivity contribution in [3.63, 3.8) is 0 Å². The molecule has 1 atom stereocenters. The fourth-order valence-electron chi connectivity index (χ4n) is 4.32. The molecule has 0 spiro atoms. The van der Waals surface area contributed by atoms with Gasteiger partial charge in [-0.25, -0.2) is 9.59 Å². The Balaban J connectivity index is 0.000000404. The maximum absolute atomic E-state index is 12.8. The first-order chi connectivity index (χ1) is 21.0. The maximum atomic E-state index is 12.8. The van der Waals surface area contributed by atoms with E-state index < -0.39 is 29.8 Å². The largest absolute Gasteiger partial charge is 0.351 e. The van der Waals surface area contributed by atoms with E-state index in [0.29, 0.717) is 35.5 Å². The number of carbonyl (C=O) groups is 4. The van der Waals surface area contributed by atoms with Gasteiger partial charge in [0, 0.05) is 36.9 Å². The summed E-state index contributed by atoms with van der Waals surface area (Å²) < 4.78 is 2.72. The number of hydrogen-bond acceptors (Lipinski definition) is 5. The first kappa shape index (κ1) is 34.5. The van der Waals surface area contributed by atoms with Crippen LogP contribution in [0.4, 0.5) is 26.7 Å². The van der Waals surface area contributed by atoms with Crippen LogP contribution in [0.25, 0.3) is 0 Å². The summed E-state index contributed by atoms with van der Waals surface area (Å²) in [6.07, 6.45) is 2.85. The van der Waals surface area contributed by atoms with Crippen molar-refractivity contribution in [1.82, 2.24) is 5.32 Å². The van der Waals surface area contributed by atoms with Gasteiger partial charge < -0.3 is 21.7 Å². The Kier molecular flexibility index (Phi) is 13.6. The molecular weight excluding hydrogens is 760 g/mol. The van der Waals surface area contributed by atoms with E-state index in [0.717, 1.165) is 31.8 Å². The molecule has 4 rings (SSSR count). The molecule has 6 N–H and O–H groups in total. The highest BCUT2D eigenvalue weighted by atomic mass is 79.9. The van der Waals surface area contributed by atoms with Crippen LogP contribution in [-0.2, 0) is 9.59 Å². The Hall–Kier alpha value is -3.99. The fourth-order valence-corrected chi connectivity index (χ4v) is 5.11. The summed E-state index contributed by atoms with van der Waals surface area (Å²) in [6.45, 7) is 0. The summed E-state index contributed by atoms with van der Waals surface area (Å²) in [5, 5.41) is 19.9. The van der Waals surface area contributed by atoms with Crippen LogP contribution in [0.15, 0.2) is 97.4 Å². The van der Waals surface area contributed by atoms with E-state index in [2.05, 4.69) is 75.1 Å². The number of urea groups is 2. The quantitative estimate of drug-likeness (QED) is 0.154. The van der Waals surface area contributed by atoms with Crippen molar-refractivity contribution in [1.29, 1.82) is 5.26 Å². The normalized spacial score (nSPS) is 12.9. The lowest BCUT2D eigenvalue weighted by Crippen LogP contribution is -2.35. The standard InChI is InChI=1S/C24H22Br2N4O3.C7H7BrN2O/c25-16-5-9-18(10-6-16)28-23(32)21(14-27)20-4-2-1-3-15(20)13-22(31)30-24(33)29-19-11-7-17(26)8-12-19;8-5-1-3-6(4-2-5)10-7(9)11/h5-12,21H,1-4,13H2,(H,28,32)(H2,29,30,31,33);1-4H,(H3,9,10,11)/t21-;/m0./s1. The van der Waals surface area contributed by atoms with E-state index in [9.17, 15) is 24.4 Å². The molecule has 228 valence electrons. The highest BCUT2D eigenvalue weighted by Gasteiger charge is 2.28. The van der Waals surface area contributed by atoms with Gasteiger partial charge in [-0.3, -0.25) is 14.9 Å². The lowest BCUT2D eigenvalue weighted by atomic mass is 9.82. The number of amides is 6. The second-order valence-electron chi connectivity index (χ2n) is 9.58. The minimum absolute atomic E-state index is 0.0349. The van der Waals surface area contributed by atoms with Gasteiger partial charge in [-0.1, -0.05) is 53.4 Å². The number of nitrogens with zero attached hydrogens (tertiary/aromatic N) is 1. The Morgan fingerprint density at radius 2 is 1.18 bits per heavy atom. The number of benzene rings is 3. The van der Waals surface area contributed by atoms with E-state index >= 15 is 0 Å². The van der Waals surface area contributed by atoms with Crippen molar-refractivity contribution in [3.8, 4) is 6.07 Å². The molecule has 0 heterocycles. The first-order valence-electron chi connectivity index (χ1n) is 13.4. The molecule has 0 saturated heterocycles. The number of nitrogens with two attached hydrogens (primary N) is 1. The van der Waals surface area contributed by atoms with E-state index in [4.69, 9.17) is 5.73 Å². The number of nitrogens with one attached hydrogen (secondary N) is 4. The Morgan fingerprint density at radius 1 is 0.727 bits per heavy atom. The molecule has 0 radical (unpaired) electrons. The third-order valence-corrected chi connectivity index (χ3v) is 7.91. The summed E-state index contributed by atoms with van der Waals surface area (Å²) in [5.41, 5.74) is 8.15. The van der Waals surface area contributed by atoms with Gasteiger partial charge in [0.2, 0.25) is 11.8 Å². The zero-order valence-electron chi connectivity index (χ0n) is 23.3. The van der Waals surface area contributed by atoms with Crippen LogP contribution in [0.1, 0.15) is 32.1 Å². The molecule has 1 aliphatic carbocycles. The smallest absolute Gasteiger partial charge is 0.325 e. The molecule has 0 unspecified atom stereocenters. The Labute approximate surface area is 280 Å². The van der Waals surface area contributed by atoms with Gasteiger partial charge in [-0.15, -0.1) is 0 Å². The van der Waals surface area contributed by atoms with Crippen molar-refractivity contribution >= 4 is 88.7 Å². The highest BCUT2D eigenvalue weighted by molar-refractivity contribution is 9.11. The summed E-state index contributed by atoms with van der Waals surface area (Å²) in [4.78, 5) is 47.8. The van der Waals surface area contributed by atoms with Gasteiger partial charge in [-0.05, 0) is 104 Å². The third-order valence-electron chi connectivity index (χ3n) is 6.32. The molecule has 0 aliphatic heterocycles. The molecule has 1 aliphatic rings. The van der Waals surface area contributed by atoms with Crippen molar-refractivity contribution in [2.75, 3.05) is 16.0 Å². The van der Waals surface area contributed by atoms with Crippen LogP contribution in [0.2, 0.25) is 0 Å². The van der Waals surface area contributed by atoms with Crippen molar-refractivity contribution in [3.05, 3.63) is 97.4 Å². The Morgan fingerprint density at radius 3 is 1.66 bits per heavy atom. The number of halogens is 3. The molecule has 3 aromatic rings. The van der Waals surface area contributed by atoms with Gasteiger partial charge >= 0.3 is 12.1 Å². The van der Waals surface area contributed by atoms with Gasteiger partial charge in [0.05, 0.1) is 6.07 Å². The second kappa shape index (κ2) is 17.3. The number of nitriles is 1. The van der Waals surface area contributed by atoms with Crippen molar-refractivity contribution < 1.29 is 19.2 Å². The van der Waals surface area contributed by atoms with Crippen LogP contribution >= 0.6 is 47.8 Å². The van der Waals surface area contributed by atoms with E-state index in [-0.39, 0.29) is 6.42 Å². The zero-order valence-corrected chi connectivity index (χ0v) is 28.1. The Bertz CT molecular complexity index is 1550. The van der Waals surface area contributed by atoms with Gasteiger partial charge in [0.1, 0.15) is 5.92 Å². The second-order valence-corrected chi connectivity index (χ2v) is 12.3. The predicted octanol–water partition coefficient (Wildman–Crippen LogP) is 7.84. The first-order valence-corrected chi connectivity index (χ1v) is 15.8. The van der Waals surface area contributed by atoms with Crippen molar-refractivity contribution in [2.24, 2.45) is 11.7 Å². The monoisotopic (exact) mass is 786 g/mol. The molecule has 0 fully saturated rings. The number of imide groups is 1. The number of primary amides is 1. The van der Waals surface area contributed by atoms with Crippen LogP contribution in [0.3, 0.4) is 0 Å². The molecule has 3 aromatic carbocycles. The lowest BCUT2D eigenvalue weighted by Gasteiger charge is -2.23. The molecular formula is C31H29Br3N6O4. The SMILES string of the molecule is N#C[C@H](C(=O)Nc1ccc(Br)cc1)C1=C(CC(=O)NC(=O)Nc2ccc(Br)cc2)CCCC1.NC(=O)Nc1ccc(Br)cc1. The van der Waals surface area contributed by atoms with Crippen molar-refractivity contribution in [2.45, 2.75) is 32.1 Å². The van der Waals surface area contributed by atoms with E-state index in [1.807, 2.05) is 12.1 Å². The summed E-state index contributed by atoms with van der Waals surface area (Å²) >= 11 is 9.93. The van der Waals surface area contributed by atoms with Gasteiger partial charge in [0.25, 0.3) is 0 Å². The summed E-state index contributed by atoms with van der Waals surface area (Å²) in [6, 6.07) is 22.1. The molecule has 10 nitrogen and oxygen atoms in total. The average molecular weight is 789 g/mol. The molecule has 6 amide bonds. The molecule has 0 bridgehead atoms. The van der Waals surface area contributed by atoms with Crippen LogP contribution in [0, 0.1) is 17.2 Å². The lowest BCUT2D eigenvalue weighted by molar-refractivity contribution is -0.120. The highest BCUT2D eigenvalue weighted by Crippen LogP contribution is 2.32. The molecule has 0 saturated carbocycles. The van der Waals surface area contributed by atoms with E-state index in [1.165, 1.54) is 0 Å². The summed E-state index contributed by atoms with van der Waals surface area (Å²) in [7, 11) is 0. The number of carbonyl (C=O) groups excluding carboxylic acids is 4. The minimum Gasteiger partial charge on any atom is -0.351 e. The van der Waals surface area contributed by atoms with Gasteiger partial charge in [0.15, 0.2) is 0 Å². The van der Waals surface area contributed by atoms with E-state index in [1.54, 1.807) is 60.7 Å². The average Bonchev–Trinajstić information content (AvgIpc) is 2.98. The topological polar surface area (TPSA) is 166 Å². The third kappa shape index (κ3) is 11.6. The predicted molar refractivity (Wildman–Crippen MR) is 181 cm³/mol. The van der Waals surface area contributed by atoms with Crippen LogP contribution < -0.4 is 27.0 Å². The van der Waals surface area contributed by atoms with Gasteiger partial charge in [-0.2, -0.15) is 5.26 Å². The maximum Gasteiger partial charge on any atom is 0.325 e. The van der Waals surface area contributed by atoms with Crippen LogP contribution in [-0.4, -0.2) is 23.9 Å². The zero-order chi connectivity index (χ0) is 32.1. The number of anilines is 3. The summed E-state index contributed by atoms with van der Waals surface area (Å²) in [5.74, 6) is -1.90. The fraction of sp³-hybridized carbons (Fsp3) is 0.194. The minimum atomic E-state index is -0.992.